The minimum absolute atomic E-state index is 0.0206. The van der Waals surface area contributed by atoms with Crippen LogP contribution in [0.4, 0.5) is 5.69 Å². The van der Waals surface area contributed by atoms with Gasteiger partial charge in [0, 0.05) is 30.5 Å². The maximum Gasteiger partial charge on any atom is 0.349 e. The number of esters is 1. The monoisotopic (exact) mass is 483 g/mol. The SMILES string of the molecule is CCCCCCNc1ccc(CS(=O)(=O)c2ccsc2C(=O)OC)c(OCCOCC)c1. The molecule has 1 aromatic heterocycles. The van der Waals surface area contributed by atoms with Crippen LogP contribution >= 0.6 is 11.3 Å². The van der Waals surface area contributed by atoms with Crippen LogP contribution in [-0.2, 0) is 25.1 Å². The van der Waals surface area contributed by atoms with Crippen molar-refractivity contribution in [3.63, 3.8) is 0 Å². The van der Waals surface area contributed by atoms with Crippen LogP contribution in [-0.4, -0.2) is 47.9 Å². The Morgan fingerprint density at radius 1 is 1.09 bits per heavy atom. The van der Waals surface area contributed by atoms with Gasteiger partial charge in [0.05, 0.1) is 24.4 Å². The van der Waals surface area contributed by atoms with E-state index in [0.29, 0.717) is 31.1 Å². The molecule has 9 heteroatoms. The van der Waals surface area contributed by atoms with Gasteiger partial charge in [-0.05, 0) is 30.9 Å². The molecule has 0 radical (unpaired) electrons. The Hall–Kier alpha value is -2.10. The van der Waals surface area contributed by atoms with E-state index in [1.165, 1.54) is 32.4 Å². The highest BCUT2D eigenvalue weighted by atomic mass is 32.2. The number of anilines is 1. The number of hydrogen-bond acceptors (Lipinski definition) is 8. The smallest absolute Gasteiger partial charge is 0.349 e. The van der Waals surface area contributed by atoms with E-state index in [-0.39, 0.29) is 15.5 Å². The molecule has 0 amide bonds. The van der Waals surface area contributed by atoms with Gasteiger partial charge < -0.3 is 19.5 Å². The van der Waals surface area contributed by atoms with Crippen molar-refractivity contribution in [3.05, 3.63) is 40.1 Å². The number of ether oxygens (including phenoxy) is 3. The normalized spacial score (nSPS) is 11.3. The van der Waals surface area contributed by atoms with Crippen LogP contribution in [0.15, 0.2) is 34.5 Å². The van der Waals surface area contributed by atoms with E-state index in [4.69, 9.17) is 14.2 Å². The second kappa shape index (κ2) is 13.4. The average Bonchev–Trinajstić information content (AvgIpc) is 3.28. The molecule has 1 N–H and O–H groups in total. The lowest BCUT2D eigenvalue weighted by molar-refractivity contribution is 0.0602. The van der Waals surface area contributed by atoms with Crippen molar-refractivity contribution in [2.75, 3.05) is 38.8 Å². The number of methoxy groups -OCH3 is 1. The zero-order chi connectivity index (χ0) is 23.4. The maximum atomic E-state index is 13.1. The zero-order valence-electron chi connectivity index (χ0n) is 19.0. The van der Waals surface area contributed by atoms with E-state index in [1.807, 2.05) is 19.1 Å². The zero-order valence-corrected chi connectivity index (χ0v) is 20.6. The minimum Gasteiger partial charge on any atom is -0.491 e. The third-order valence-corrected chi connectivity index (χ3v) is 7.52. The molecule has 2 rings (SSSR count). The summed E-state index contributed by atoms with van der Waals surface area (Å²) in [4.78, 5) is 12.0. The van der Waals surface area contributed by atoms with Crippen molar-refractivity contribution in [1.29, 1.82) is 0 Å². The number of carbonyl (C=O) groups excluding carboxylic acids is 1. The number of rotatable bonds is 15. The van der Waals surface area contributed by atoms with Crippen molar-refractivity contribution in [1.82, 2.24) is 0 Å². The van der Waals surface area contributed by atoms with E-state index in [0.717, 1.165) is 30.0 Å². The van der Waals surface area contributed by atoms with Crippen LogP contribution in [0.3, 0.4) is 0 Å². The van der Waals surface area contributed by atoms with Gasteiger partial charge in [-0.15, -0.1) is 11.3 Å². The number of benzene rings is 1. The summed E-state index contributed by atoms with van der Waals surface area (Å²) in [5.74, 6) is -0.454. The Balaban J connectivity index is 2.20. The molecule has 0 aliphatic rings. The molecule has 32 heavy (non-hydrogen) atoms. The van der Waals surface area contributed by atoms with Gasteiger partial charge in [-0.1, -0.05) is 32.3 Å². The van der Waals surface area contributed by atoms with Crippen molar-refractivity contribution < 1.29 is 27.4 Å². The van der Waals surface area contributed by atoms with Crippen LogP contribution < -0.4 is 10.1 Å². The number of unbranched alkanes of at least 4 members (excludes halogenated alkanes) is 3. The maximum absolute atomic E-state index is 13.1. The van der Waals surface area contributed by atoms with Gasteiger partial charge in [0.15, 0.2) is 9.84 Å². The molecule has 0 aliphatic carbocycles. The number of sulfone groups is 1. The number of nitrogens with one attached hydrogen (secondary N) is 1. The molecule has 0 atom stereocenters. The van der Waals surface area contributed by atoms with Crippen molar-refractivity contribution in [2.45, 2.75) is 50.2 Å². The molecule has 1 heterocycles. The van der Waals surface area contributed by atoms with Crippen molar-refractivity contribution in [3.8, 4) is 5.75 Å². The lowest BCUT2D eigenvalue weighted by Gasteiger charge is -2.15. The fourth-order valence-corrected chi connectivity index (χ4v) is 5.88. The highest BCUT2D eigenvalue weighted by Gasteiger charge is 2.26. The first-order valence-corrected chi connectivity index (χ1v) is 13.4. The molecule has 0 bridgehead atoms. The molecule has 0 saturated carbocycles. The van der Waals surface area contributed by atoms with Crippen LogP contribution in [0, 0.1) is 0 Å². The third-order valence-electron chi connectivity index (χ3n) is 4.80. The van der Waals surface area contributed by atoms with Crippen LogP contribution in [0.2, 0.25) is 0 Å². The highest BCUT2D eigenvalue weighted by Crippen LogP contribution is 2.30. The Labute approximate surface area is 195 Å². The predicted octanol–water partition coefficient (Wildman–Crippen LogP) is 4.92. The van der Waals surface area contributed by atoms with Crippen molar-refractivity contribution in [2.24, 2.45) is 0 Å². The molecule has 7 nitrogen and oxygen atoms in total. The molecule has 0 saturated heterocycles. The van der Waals surface area contributed by atoms with Crippen LogP contribution in [0.5, 0.6) is 5.75 Å². The summed E-state index contributed by atoms with van der Waals surface area (Å²) in [6, 6.07) is 6.88. The predicted molar refractivity (Wildman–Crippen MR) is 128 cm³/mol. The lowest BCUT2D eigenvalue weighted by Crippen LogP contribution is -2.12. The van der Waals surface area contributed by atoms with E-state index < -0.39 is 15.8 Å². The molecule has 1 aromatic carbocycles. The minimum atomic E-state index is -3.78. The topological polar surface area (TPSA) is 90.9 Å². The number of carbonyl (C=O) groups is 1. The van der Waals surface area contributed by atoms with Crippen molar-refractivity contribution >= 4 is 32.8 Å². The molecule has 178 valence electrons. The van der Waals surface area contributed by atoms with E-state index in [9.17, 15) is 13.2 Å². The largest absolute Gasteiger partial charge is 0.491 e. The van der Waals surface area contributed by atoms with Crippen LogP contribution in [0.25, 0.3) is 0 Å². The van der Waals surface area contributed by atoms with Gasteiger partial charge in [0.2, 0.25) is 0 Å². The van der Waals surface area contributed by atoms with Gasteiger partial charge in [0.1, 0.15) is 17.2 Å². The second-order valence-corrected chi connectivity index (χ2v) is 10.1. The fraction of sp³-hybridized carbons (Fsp3) is 0.522. The molecule has 0 aliphatic heterocycles. The van der Waals surface area contributed by atoms with E-state index in [1.54, 1.807) is 11.4 Å². The van der Waals surface area contributed by atoms with Gasteiger partial charge in [-0.25, -0.2) is 13.2 Å². The summed E-state index contributed by atoms with van der Waals surface area (Å²) in [6.45, 7) is 6.23. The number of thiophene rings is 1. The summed E-state index contributed by atoms with van der Waals surface area (Å²) in [7, 11) is -2.54. The Morgan fingerprint density at radius 2 is 1.91 bits per heavy atom. The Kier molecular flexibility index (Phi) is 11.0. The molecular formula is C23H33NO6S2. The summed E-state index contributed by atoms with van der Waals surface area (Å²) in [6.07, 6.45) is 4.63. The summed E-state index contributed by atoms with van der Waals surface area (Å²) < 4.78 is 42.1. The van der Waals surface area contributed by atoms with Gasteiger partial charge >= 0.3 is 5.97 Å². The van der Waals surface area contributed by atoms with E-state index in [2.05, 4.69) is 12.2 Å². The van der Waals surface area contributed by atoms with Crippen LogP contribution in [0.1, 0.15) is 54.8 Å². The molecule has 0 spiro atoms. The molecular weight excluding hydrogens is 450 g/mol. The first-order chi connectivity index (χ1) is 15.4. The Morgan fingerprint density at radius 3 is 2.62 bits per heavy atom. The summed E-state index contributed by atoms with van der Waals surface area (Å²) in [5, 5.41) is 4.95. The average molecular weight is 484 g/mol. The Bertz CT molecular complexity index is 955. The van der Waals surface area contributed by atoms with Gasteiger partial charge in [0.25, 0.3) is 0 Å². The quantitative estimate of drug-likeness (QED) is 0.284. The summed E-state index contributed by atoms with van der Waals surface area (Å²) in [5.41, 5.74) is 1.40. The van der Waals surface area contributed by atoms with Gasteiger partial charge in [-0.3, -0.25) is 0 Å². The second-order valence-electron chi connectivity index (χ2n) is 7.22. The first-order valence-electron chi connectivity index (χ1n) is 10.9. The number of hydrogen-bond donors (Lipinski definition) is 1. The highest BCUT2D eigenvalue weighted by molar-refractivity contribution is 7.90. The first kappa shape index (κ1) is 26.2. The fourth-order valence-electron chi connectivity index (χ4n) is 3.12. The van der Waals surface area contributed by atoms with E-state index >= 15 is 0 Å². The molecule has 2 aromatic rings. The molecule has 0 fully saturated rings. The van der Waals surface area contributed by atoms with Gasteiger partial charge in [-0.2, -0.15) is 0 Å². The lowest BCUT2D eigenvalue weighted by atomic mass is 10.2. The summed E-state index contributed by atoms with van der Waals surface area (Å²) >= 11 is 1.05. The standard InChI is InChI=1S/C23H33NO6S2/c1-4-6-7-8-12-24-19-10-9-18(20(16-19)30-14-13-29-5-2)17-32(26,27)21-11-15-31-22(21)23(25)28-3/h9-11,15-16,24H,4-8,12-14,17H2,1-3H3. The molecule has 0 unspecified atom stereocenters. The third kappa shape index (κ3) is 7.79.